The smallest absolute Gasteiger partial charge is 0.137 e. The minimum absolute atomic E-state index is 0.910. The second-order valence-electron chi connectivity index (χ2n) is 7.25. The third kappa shape index (κ3) is 2.40. The first-order valence-electron chi connectivity index (χ1n) is 9.36. The first kappa shape index (κ1) is 15.7. The lowest BCUT2D eigenvalue weighted by Crippen LogP contribution is -1.89. The number of rotatable bonds is 2. The van der Waals surface area contributed by atoms with Crippen molar-refractivity contribution in [2.45, 2.75) is 6.92 Å². The fourth-order valence-corrected chi connectivity index (χ4v) is 5.03. The summed E-state index contributed by atoms with van der Waals surface area (Å²) in [5.41, 5.74) is 5.20. The molecule has 0 aliphatic carbocycles. The maximum atomic E-state index is 6.06. The van der Waals surface area contributed by atoms with Crippen LogP contribution < -0.4 is 5.32 Å². The summed E-state index contributed by atoms with van der Waals surface area (Å²) in [5.74, 6) is 0. The summed E-state index contributed by atoms with van der Waals surface area (Å²) in [6, 6.07) is 27.8. The molecule has 0 aliphatic heterocycles. The van der Waals surface area contributed by atoms with E-state index in [4.69, 9.17) is 4.42 Å². The molecule has 0 saturated heterocycles. The molecule has 0 atom stereocenters. The Labute approximate surface area is 166 Å². The van der Waals surface area contributed by atoms with Crippen LogP contribution >= 0.6 is 11.3 Å². The molecule has 0 spiro atoms. The van der Waals surface area contributed by atoms with Crippen LogP contribution in [-0.4, -0.2) is 0 Å². The molecule has 134 valence electrons. The molecule has 0 bridgehead atoms. The number of aryl methyl sites for hydroxylation is 1. The van der Waals surface area contributed by atoms with Crippen LogP contribution in [0.25, 0.3) is 42.1 Å². The van der Waals surface area contributed by atoms with E-state index in [0.717, 1.165) is 27.9 Å². The molecule has 2 nitrogen and oxygen atoms in total. The Bertz CT molecular complexity index is 1510. The highest BCUT2D eigenvalue weighted by Gasteiger charge is 2.09. The predicted molar refractivity (Wildman–Crippen MR) is 121 cm³/mol. The second-order valence-corrected chi connectivity index (χ2v) is 8.33. The molecule has 0 saturated carbocycles. The lowest BCUT2D eigenvalue weighted by Gasteiger charge is -2.07. The average molecular weight is 379 g/mol. The van der Waals surface area contributed by atoms with Gasteiger partial charge in [-0.05, 0) is 55.5 Å². The van der Waals surface area contributed by atoms with Gasteiger partial charge in [0.15, 0.2) is 0 Å². The highest BCUT2D eigenvalue weighted by molar-refractivity contribution is 7.25. The van der Waals surface area contributed by atoms with Gasteiger partial charge in [-0.15, -0.1) is 11.3 Å². The second kappa shape index (κ2) is 5.85. The van der Waals surface area contributed by atoms with Crippen LogP contribution in [0.3, 0.4) is 0 Å². The van der Waals surface area contributed by atoms with E-state index < -0.39 is 0 Å². The Morgan fingerprint density at radius 1 is 0.643 bits per heavy atom. The van der Waals surface area contributed by atoms with E-state index in [0.29, 0.717) is 0 Å². The van der Waals surface area contributed by atoms with Crippen molar-refractivity contribution in [1.82, 2.24) is 0 Å². The van der Waals surface area contributed by atoms with E-state index in [9.17, 15) is 0 Å². The summed E-state index contributed by atoms with van der Waals surface area (Å²) in [6.07, 6.45) is 0. The van der Waals surface area contributed by atoms with Gasteiger partial charge in [0.05, 0.1) is 0 Å². The number of furan rings is 1. The molecule has 2 aromatic heterocycles. The third-order valence-corrected chi connectivity index (χ3v) is 6.44. The third-order valence-electron chi connectivity index (χ3n) is 5.29. The summed E-state index contributed by atoms with van der Waals surface area (Å²) in [5, 5.41) is 8.48. The van der Waals surface area contributed by atoms with Crippen molar-refractivity contribution < 1.29 is 4.42 Å². The van der Waals surface area contributed by atoms with Gasteiger partial charge in [-0.3, -0.25) is 0 Å². The highest BCUT2D eigenvalue weighted by Crippen LogP contribution is 2.36. The molecule has 2 heterocycles. The van der Waals surface area contributed by atoms with Gasteiger partial charge in [-0.1, -0.05) is 29.8 Å². The van der Waals surface area contributed by atoms with Crippen molar-refractivity contribution in [3.63, 3.8) is 0 Å². The number of hydrogen-bond acceptors (Lipinski definition) is 3. The molecule has 0 aliphatic rings. The van der Waals surface area contributed by atoms with E-state index in [1.807, 2.05) is 17.4 Å². The molecular weight excluding hydrogens is 362 g/mol. The number of hydrogen-bond donors (Lipinski definition) is 1. The predicted octanol–water partition coefficient (Wildman–Crippen LogP) is 8.01. The van der Waals surface area contributed by atoms with Gasteiger partial charge in [-0.25, -0.2) is 0 Å². The van der Waals surface area contributed by atoms with Crippen LogP contribution in [-0.2, 0) is 0 Å². The van der Waals surface area contributed by atoms with Crippen molar-refractivity contribution in [2.75, 3.05) is 5.32 Å². The molecular formula is C25H17NOS. The Kier molecular flexibility index (Phi) is 3.28. The molecule has 6 rings (SSSR count). The molecule has 0 unspecified atom stereocenters. The van der Waals surface area contributed by atoms with E-state index in [-0.39, 0.29) is 0 Å². The molecule has 0 fully saturated rings. The lowest BCUT2D eigenvalue weighted by molar-refractivity contribution is 0.669. The number of anilines is 2. The van der Waals surface area contributed by atoms with Crippen molar-refractivity contribution in [3.8, 4) is 0 Å². The van der Waals surface area contributed by atoms with Gasteiger partial charge >= 0.3 is 0 Å². The Morgan fingerprint density at radius 3 is 2.43 bits per heavy atom. The zero-order chi connectivity index (χ0) is 18.7. The normalized spacial score (nSPS) is 11.8. The minimum Gasteiger partial charge on any atom is -0.456 e. The van der Waals surface area contributed by atoms with Crippen LogP contribution in [0.5, 0.6) is 0 Å². The zero-order valence-corrected chi connectivity index (χ0v) is 16.1. The van der Waals surface area contributed by atoms with Crippen LogP contribution in [0, 0.1) is 6.92 Å². The Balaban J connectivity index is 1.43. The van der Waals surface area contributed by atoms with Gasteiger partial charge in [-0.2, -0.15) is 0 Å². The molecule has 3 heteroatoms. The molecule has 28 heavy (non-hydrogen) atoms. The summed E-state index contributed by atoms with van der Waals surface area (Å²) >= 11 is 1.84. The van der Waals surface area contributed by atoms with Crippen LogP contribution in [0.1, 0.15) is 5.56 Å². The van der Waals surface area contributed by atoms with E-state index in [2.05, 4.69) is 85.0 Å². The lowest BCUT2D eigenvalue weighted by atomic mass is 10.1. The number of nitrogens with one attached hydrogen (secondary N) is 1. The summed E-state index contributed by atoms with van der Waals surface area (Å²) < 4.78 is 8.71. The van der Waals surface area contributed by atoms with E-state index >= 15 is 0 Å². The number of thiophene rings is 1. The van der Waals surface area contributed by atoms with Crippen molar-refractivity contribution in [3.05, 3.63) is 84.4 Å². The van der Waals surface area contributed by atoms with Gasteiger partial charge in [0.25, 0.3) is 0 Å². The molecule has 0 amide bonds. The summed E-state index contributed by atoms with van der Waals surface area (Å²) in [6.45, 7) is 2.11. The van der Waals surface area contributed by atoms with Crippen LogP contribution in [0.4, 0.5) is 11.4 Å². The van der Waals surface area contributed by atoms with Crippen LogP contribution in [0.2, 0.25) is 0 Å². The van der Waals surface area contributed by atoms with Crippen LogP contribution in [0.15, 0.2) is 83.3 Å². The van der Waals surface area contributed by atoms with Gasteiger partial charge < -0.3 is 9.73 Å². The molecule has 0 radical (unpaired) electrons. The average Bonchev–Trinajstić information content (AvgIpc) is 3.25. The van der Waals surface area contributed by atoms with Gasteiger partial charge in [0, 0.05) is 48.4 Å². The van der Waals surface area contributed by atoms with Crippen molar-refractivity contribution >= 4 is 64.8 Å². The van der Waals surface area contributed by atoms with E-state index in [1.165, 1.54) is 31.1 Å². The standard InChI is InChI=1S/C25H17NOS/c1-15-6-10-22-20(12-15)18-9-7-17(14-23(18)27-22)26-16-8-11-25-21(13-16)19-4-2-3-5-24(19)28-25/h2-14,26H,1H3. The Morgan fingerprint density at radius 2 is 1.46 bits per heavy atom. The van der Waals surface area contributed by atoms with E-state index in [1.54, 1.807) is 0 Å². The molecule has 4 aromatic carbocycles. The monoisotopic (exact) mass is 379 g/mol. The maximum absolute atomic E-state index is 6.06. The maximum Gasteiger partial charge on any atom is 0.137 e. The highest BCUT2D eigenvalue weighted by atomic mass is 32.1. The number of fused-ring (bicyclic) bond motifs is 6. The fraction of sp³-hybridized carbons (Fsp3) is 0.0400. The fourth-order valence-electron chi connectivity index (χ4n) is 3.94. The largest absolute Gasteiger partial charge is 0.456 e. The van der Waals surface area contributed by atoms with Crippen molar-refractivity contribution in [1.29, 1.82) is 0 Å². The minimum atomic E-state index is 0.910. The topological polar surface area (TPSA) is 25.2 Å². The zero-order valence-electron chi connectivity index (χ0n) is 15.3. The Hall–Kier alpha value is -3.30. The quantitative estimate of drug-likeness (QED) is 0.330. The first-order chi connectivity index (χ1) is 13.7. The summed E-state index contributed by atoms with van der Waals surface area (Å²) in [7, 11) is 0. The SMILES string of the molecule is Cc1ccc2oc3cc(Nc4ccc5sc6ccccc6c5c4)ccc3c2c1. The van der Waals surface area contributed by atoms with Gasteiger partial charge in [0.2, 0.25) is 0 Å². The molecule has 6 aromatic rings. The number of benzene rings is 4. The first-order valence-corrected chi connectivity index (χ1v) is 10.2. The summed E-state index contributed by atoms with van der Waals surface area (Å²) in [4.78, 5) is 0. The van der Waals surface area contributed by atoms with Crippen molar-refractivity contribution in [2.24, 2.45) is 0 Å². The van der Waals surface area contributed by atoms with Gasteiger partial charge in [0.1, 0.15) is 11.2 Å². The molecule has 1 N–H and O–H groups in total.